The molecule has 1 aromatic carbocycles. The molecule has 0 N–H and O–H groups in total. The lowest BCUT2D eigenvalue weighted by atomic mass is 10.2. The Labute approximate surface area is 143 Å². The Morgan fingerprint density at radius 3 is 2.71 bits per heavy atom. The molecule has 0 saturated heterocycles. The quantitative estimate of drug-likeness (QED) is 0.422. The van der Waals surface area contributed by atoms with Crippen LogP contribution in [-0.4, -0.2) is 41.4 Å². The van der Waals surface area contributed by atoms with Gasteiger partial charge in [-0.05, 0) is 26.0 Å². The van der Waals surface area contributed by atoms with E-state index in [0.29, 0.717) is 6.54 Å². The lowest BCUT2D eigenvalue weighted by Crippen LogP contribution is -2.37. The number of esters is 1. The highest BCUT2D eigenvalue weighted by atomic mass is 35.5. The Balaban J connectivity index is 2.72. The molecule has 8 nitrogen and oxygen atoms in total. The lowest BCUT2D eigenvalue weighted by Gasteiger charge is -2.21. The molecule has 1 atom stereocenters. The summed E-state index contributed by atoms with van der Waals surface area (Å²) >= 11 is 5.67. The van der Waals surface area contributed by atoms with Crippen molar-refractivity contribution in [2.75, 3.05) is 19.7 Å². The topological polar surface area (TPSA) is 114 Å². The van der Waals surface area contributed by atoms with Gasteiger partial charge >= 0.3 is 5.97 Å². The molecule has 24 heavy (non-hydrogen) atoms. The fraction of sp³-hybridized carbons (Fsp3) is 0.400. The second kappa shape index (κ2) is 8.84. The number of ether oxygens (including phenoxy) is 1. The number of carbonyl (C=O) groups is 2. The Hall–Kier alpha value is -2.66. The maximum atomic E-state index is 12.0. The minimum absolute atomic E-state index is 0.0765. The van der Waals surface area contributed by atoms with Gasteiger partial charge in [0.05, 0.1) is 22.5 Å². The predicted octanol–water partition coefficient (Wildman–Crippen LogP) is 2.41. The first-order valence-corrected chi connectivity index (χ1v) is 7.46. The maximum absolute atomic E-state index is 12.0. The zero-order valence-corrected chi connectivity index (χ0v) is 13.9. The number of carbonyl (C=O) groups excluding carboxylic acids is 2. The zero-order valence-electron chi connectivity index (χ0n) is 13.2. The molecule has 0 aliphatic rings. The number of nitro groups is 1. The van der Waals surface area contributed by atoms with E-state index in [1.165, 1.54) is 17.0 Å². The maximum Gasteiger partial charge on any atom is 0.338 e. The van der Waals surface area contributed by atoms with Crippen LogP contribution in [0.4, 0.5) is 5.69 Å². The van der Waals surface area contributed by atoms with Crippen molar-refractivity contribution < 1.29 is 19.2 Å². The van der Waals surface area contributed by atoms with Gasteiger partial charge in [0, 0.05) is 19.2 Å². The van der Waals surface area contributed by atoms with Gasteiger partial charge in [-0.25, -0.2) is 4.79 Å². The third-order valence-electron chi connectivity index (χ3n) is 3.15. The largest absolute Gasteiger partial charge is 0.452 e. The number of benzene rings is 1. The van der Waals surface area contributed by atoms with Gasteiger partial charge in [-0.3, -0.25) is 14.9 Å². The van der Waals surface area contributed by atoms with Gasteiger partial charge in [-0.1, -0.05) is 11.6 Å². The minimum Gasteiger partial charge on any atom is -0.452 e. The zero-order chi connectivity index (χ0) is 18.3. The average molecular weight is 354 g/mol. The number of rotatable bonds is 7. The van der Waals surface area contributed by atoms with E-state index < -0.39 is 29.1 Å². The number of nitrogens with zero attached hydrogens (tertiary/aromatic N) is 3. The predicted molar refractivity (Wildman–Crippen MR) is 85.4 cm³/mol. The summed E-state index contributed by atoms with van der Waals surface area (Å²) in [6, 6.07) is 5.50. The normalized spacial score (nSPS) is 11.2. The lowest BCUT2D eigenvalue weighted by molar-refractivity contribution is -0.384. The molecule has 0 bridgehead atoms. The van der Waals surface area contributed by atoms with Crippen LogP contribution in [0, 0.1) is 27.4 Å². The van der Waals surface area contributed by atoms with Crippen molar-refractivity contribution in [1.29, 1.82) is 5.26 Å². The summed E-state index contributed by atoms with van der Waals surface area (Å²) in [6.45, 7) is 3.51. The van der Waals surface area contributed by atoms with Crippen LogP contribution in [0.2, 0.25) is 5.02 Å². The summed E-state index contributed by atoms with van der Waals surface area (Å²) in [6.07, 6.45) is 0. The molecule has 0 radical (unpaired) electrons. The van der Waals surface area contributed by atoms with Gasteiger partial charge in [0.1, 0.15) is 5.02 Å². The SMILES string of the molecule is CCN(CC(C)C#N)C(=O)COC(=O)c1ccc(Cl)c([N+](=O)[O-])c1. The van der Waals surface area contributed by atoms with Crippen molar-refractivity contribution in [1.82, 2.24) is 4.90 Å². The van der Waals surface area contributed by atoms with Gasteiger partial charge in [0.2, 0.25) is 0 Å². The summed E-state index contributed by atoms with van der Waals surface area (Å²) in [5.41, 5.74) is -0.497. The fourth-order valence-corrected chi connectivity index (χ4v) is 2.05. The monoisotopic (exact) mass is 353 g/mol. The van der Waals surface area contributed by atoms with Crippen molar-refractivity contribution in [3.63, 3.8) is 0 Å². The molecule has 0 heterocycles. The number of amides is 1. The number of hydrogen-bond donors (Lipinski definition) is 0. The Kier molecular flexibility index (Phi) is 7.14. The molecule has 128 valence electrons. The third-order valence-corrected chi connectivity index (χ3v) is 3.47. The molecule has 9 heteroatoms. The fourth-order valence-electron chi connectivity index (χ4n) is 1.86. The van der Waals surface area contributed by atoms with Crippen LogP contribution < -0.4 is 0 Å². The second-order valence-corrected chi connectivity index (χ2v) is 5.37. The highest BCUT2D eigenvalue weighted by Gasteiger charge is 2.20. The molecule has 0 aliphatic heterocycles. The molecule has 0 aliphatic carbocycles. The van der Waals surface area contributed by atoms with Crippen LogP contribution in [0.5, 0.6) is 0 Å². The van der Waals surface area contributed by atoms with Crippen LogP contribution in [0.3, 0.4) is 0 Å². The smallest absolute Gasteiger partial charge is 0.338 e. The molecule has 0 fully saturated rings. The summed E-state index contributed by atoms with van der Waals surface area (Å²) in [5, 5.41) is 19.5. The average Bonchev–Trinajstić information content (AvgIpc) is 2.56. The van der Waals surface area contributed by atoms with Crippen molar-refractivity contribution in [3.05, 3.63) is 38.9 Å². The van der Waals surface area contributed by atoms with Crippen LogP contribution in [0.25, 0.3) is 0 Å². The summed E-state index contributed by atoms with van der Waals surface area (Å²) in [4.78, 5) is 35.4. The van der Waals surface area contributed by atoms with Gasteiger partial charge in [0.25, 0.3) is 11.6 Å². The standard InChI is InChI=1S/C15H16ClN3O5/c1-3-18(8-10(2)7-17)14(20)9-24-15(21)11-4-5-12(16)13(6-11)19(22)23/h4-6,10H,3,8-9H2,1-2H3. The number of halogens is 1. The van der Waals surface area contributed by atoms with Crippen molar-refractivity contribution in [2.45, 2.75) is 13.8 Å². The van der Waals surface area contributed by atoms with E-state index in [2.05, 4.69) is 0 Å². The molecular weight excluding hydrogens is 338 g/mol. The molecule has 1 amide bonds. The van der Waals surface area contributed by atoms with Crippen molar-refractivity contribution in [3.8, 4) is 6.07 Å². The molecule has 0 aromatic heterocycles. The summed E-state index contributed by atoms with van der Waals surface area (Å²) < 4.78 is 4.88. The molecule has 0 spiro atoms. The van der Waals surface area contributed by atoms with Gasteiger partial charge < -0.3 is 9.64 Å². The Morgan fingerprint density at radius 2 is 2.17 bits per heavy atom. The van der Waals surface area contributed by atoms with E-state index in [4.69, 9.17) is 21.6 Å². The van der Waals surface area contributed by atoms with Gasteiger partial charge in [0.15, 0.2) is 6.61 Å². The van der Waals surface area contributed by atoms with E-state index in [0.717, 1.165) is 6.07 Å². The van der Waals surface area contributed by atoms with Gasteiger partial charge in [-0.2, -0.15) is 5.26 Å². The van der Waals surface area contributed by atoms with Crippen molar-refractivity contribution >= 4 is 29.2 Å². The highest BCUT2D eigenvalue weighted by Crippen LogP contribution is 2.25. The number of hydrogen-bond acceptors (Lipinski definition) is 6. The molecule has 1 unspecified atom stereocenters. The Morgan fingerprint density at radius 1 is 1.50 bits per heavy atom. The van der Waals surface area contributed by atoms with Crippen LogP contribution in [0.1, 0.15) is 24.2 Å². The molecule has 0 saturated carbocycles. The van der Waals surface area contributed by atoms with Crippen LogP contribution in [0.15, 0.2) is 18.2 Å². The Bertz CT molecular complexity index is 686. The number of likely N-dealkylation sites (N-methyl/N-ethyl adjacent to an activating group) is 1. The second-order valence-electron chi connectivity index (χ2n) is 4.96. The molecular formula is C15H16ClN3O5. The number of nitro benzene ring substituents is 1. The third kappa shape index (κ3) is 5.21. The molecule has 1 aromatic rings. The first-order chi connectivity index (χ1) is 11.3. The first kappa shape index (κ1) is 19.4. The number of nitriles is 1. The molecule has 1 rings (SSSR count). The minimum atomic E-state index is -0.868. The highest BCUT2D eigenvalue weighted by molar-refractivity contribution is 6.32. The van der Waals surface area contributed by atoms with Crippen LogP contribution in [-0.2, 0) is 9.53 Å². The van der Waals surface area contributed by atoms with E-state index >= 15 is 0 Å². The summed E-state index contributed by atoms with van der Waals surface area (Å²) in [7, 11) is 0. The van der Waals surface area contributed by atoms with Crippen LogP contribution >= 0.6 is 11.6 Å². The van der Waals surface area contributed by atoms with E-state index in [1.54, 1.807) is 13.8 Å². The van der Waals surface area contributed by atoms with E-state index in [-0.39, 0.29) is 23.0 Å². The van der Waals surface area contributed by atoms with Gasteiger partial charge in [-0.15, -0.1) is 0 Å². The van der Waals surface area contributed by atoms with E-state index in [9.17, 15) is 19.7 Å². The first-order valence-electron chi connectivity index (χ1n) is 7.08. The summed E-state index contributed by atoms with van der Waals surface area (Å²) in [5.74, 6) is -1.66. The van der Waals surface area contributed by atoms with E-state index in [1.807, 2.05) is 6.07 Å². The van der Waals surface area contributed by atoms with Crippen molar-refractivity contribution in [2.24, 2.45) is 5.92 Å².